The number of carbonyl (C=O) groups is 2. The molecule has 0 atom stereocenters. The number of rotatable bonds is 8. The second-order valence-corrected chi connectivity index (χ2v) is 5.55. The second kappa shape index (κ2) is 9.45. The van der Waals surface area contributed by atoms with Gasteiger partial charge in [-0.15, -0.1) is 0 Å². The van der Waals surface area contributed by atoms with E-state index >= 15 is 0 Å². The summed E-state index contributed by atoms with van der Waals surface area (Å²) in [6.45, 7) is 2.53. The minimum absolute atomic E-state index is 0.181. The van der Waals surface area contributed by atoms with Gasteiger partial charge in [0.05, 0.1) is 6.54 Å². The molecular formula is C19H22N2O3. The van der Waals surface area contributed by atoms with Crippen LogP contribution in [0.1, 0.15) is 34.3 Å². The van der Waals surface area contributed by atoms with Crippen LogP contribution in [0.5, 0.6) is 0 Å². The predicted molar refractivity (Wildman–Crippen MR) is 91.6 cm³/mol. The van der Waals surface area contributed by atoms with Gasteiger partial charge in [0.2, 0.25) is 0 Å². The van der Waals surface area contributed by atoms with Crippen molar-refractivity contribution in [2.24, 2.45) is 0 Å². The van der Waals surface area contributed by atoms with E-state index in [4.69, 9.17) is 4.74 Å². The lowest BCUT2D eigenvalue weighted by Gasteiger charge is -2.07. The van der Waals surface area contributed by atoms with E-state index < -0.39 is 0 Å². The van der Waals surface area contributed by atoms with Gasteiger partial charge in [-0.1, -0.05) is 29.8 Å². The summed E-state index contributed by atoms with van der Waals surface area (Å²) in [5.41, 5.74) is 2.99. The van der Waals surface area contributed by atoms with E-state index in [0.29, 0.717) is 18.5 Å². The Morgan fingerprint density at radius 2 is 1.79 bits per heavy atom. The number of benzene rings is 1. The molecule has 0 radical (unpaired) electrons. The zero-order valence-corrected chi connectivity index (χ0v) is 13.8. The molecule has 0 bridgehead atoms. The van der Waals surface area contributed by atoms with Crippen molar-refractivity contribution >= 4 is 11.9 Å². The normalized spacial score (nSPS) is 10.2. The first kappa shape index (κ1) is 17.7. The Kier molecular flexibility index (Phi) is 6.95. The van der Waals surface area contributed by atoms with Crippen molar-refractivity contribution in [3.05, 3.63) is 65.5 Å². The van der Waals surface area contributed by atoms with Crippen LogP contribution in [-0.4, -0.2) is 30.0 Å². The van der Waals surface area contributed by atoms with Crippen LogP contribution in [0.4, 0.5) is 0 Å². The largest absolute Gasteiger partial charge is 0.464 e. The summed E-state index contributed by atoms with van der Waals surface area (Å²) in [5, 5.41) is 2.70. The number of nitrogens with zero attached hydrogens (tertiary/aromatic N) is 1. The van der Waals surface area contributed by atoms with E-state index in [1.807, 2.05) is 0 Å². The zero-order valence-electron chi connectivity index (χ0n) is 13.8. The molecule has 1 N–H and O–H groups in total. The smallest absolute Gasteiger partial charge is 0.305 e. The highest BCUT2D eigenvalue weighted by Crippen LogP contribution is 2.07. The summed E-state index contributed by atoms with van der Waals surface area (Å²) in [7, 11) is 0. The van der Waals surface area contributed by atoms with E-state index in [2.05, 4.69) is 41.5 Å². The topological polar surface area (TPSA) is 68.3 Å². The van der Waals surface area contributed by atoms with Gasteiger partial charge in [0.25, 0.3) is 5.91 Å². The molecule has 5 nitrogen and oxygen atoms in total. The van der Waals surface area contributed by atoms with Gasteiger partial charge in [-0.05, 0) is 37.5 Å². The Balaban J connectivity index is 1.56. The molecule has 0 fully saturated rings. The number of ether oxygens (including phenoxy) is 1. The first-order valence-electron chi connectivity index (χ1n) is 8.04. The first-order chi connectivity index (χ1) is 11.6. The summed E-state index contributed by atoms with van der Waals surface area (Å²) < 4.78 is 5.12. The molecule has 0 saturated heterocycles. The third-order valence-electron chi connectivity index (χ3n) is 3.56. The molecule has 1 amide bonds. The van der Waals surface area contributed by atoms with Crippen molar-refractivity contribution < 1.29 is 14.3 Å². The molecule has 5 heteroatoms. The molecule has 1 heterocycles. The Morgan fingerprint density at radius 3 is 2.50 bits per heavy atom. The number of carbonyl (C=O) groups excluding carboxylic acids is 2. The highest BCUT2D eigenvalue weighted by Gasteiger charge is 2.06. The van der Waals surface area contributed by atoms with Crippen LogP contribution >= 0.6 is 0 Å². The van der Waals surface area contributed by atoms with Gasteiger partial charge in [-0.3, -0.25) is 14.6 Å². The molecule has 2 rings (SSSR count). The Bertz CT molecular complexity index is 654. The lowest BCUT2D eigenvalue weighted by molar-refractivity contribution is -0.143. The first-order valence-corrected chi connectivity index (χ1v) is 8.04. The number of esters is 1. The van der Waals surface area contributed by atoms with Gasteiger partial charge in [0.15, 0.2) is 0 Å². The maximum atomic E-state index is 11.8. The SMILES string of the molecule is Cc1ccc(CCCC(=O)OCCNC(=O)c2ccncc2)cc1. The predicted octanol–water partition coefficient (Wildman–Crippen LogP) is 2.69. The average molecular weight is 326 g/mol. The Morgan fingerprint density at radius 1 is 1.08 bits per heavy atom. The summed E-state index contributed by atoms with van der Waals surface area (Å²) >= 11 is 0. The summed E-state index contributed by atoms with van der Waals surface area (Å²) in [6, 6.07) is 11.6. The van der Waals surface area contributed by atoms with E-state index in [1.165, 1.54) is 11.1 Å². The molecule has 0 spiro atoms. The number of hydrogen-bond donors (Lipinski definition) is 1. The average Bonchev–Trinajstić information content (AvgIpc) is 2.61. The number of nitrogens with one attached hydrogen (secondary N) is 1. The van der Waals surface area contributed by atoms with Gasteiger partial charge in [0, 0.05) is 24.4 Å². The van der Waals surface area contributed by atoms with E-state index in [-0.39, 0.29) is 18.5 Å². The van der Waals surface area contributed by atoms with Crippen LogP contribution in [0.25, 0.3) is 0 Å². The quantitative estimate of drug-likeness (QED) is 0.598. The van der Waals surface area contributed by atoms with Crippen molar-refractivity contribution in [3.8, 4) is 0 Å². The molecular weight excluding hydrogens is 304 g/mol. The van der Waals surface area contributed by atoms with Crippen molar-refractivity contribution in [3.63, 3.8) is 0 Å². The van der Waals surface area contributed by atoms with Crippen molar-refractivity contribution in [2.45, 2.75) is 26.2 Å². The number of amides is 1. The van der Waals surface area contributed by atoms with E-state index in [9.17, 15) is 9.59 Å². The molecule has 0 aliphatic rings. The Labute approximate surface area is 142 Å². The lowest BCUT2D eigenvalue weighted by Crippen LogP contribution is -2.28. The number of pyridine rings is 1. The van der Waals surface area contributed by atoms with Crippen LogP contribution in [0.15, 0.2) is 48.8 Å². The molecule has 0 aliphatic heterocycles. The van der Waals surface area contributed by atoms with Crippen LogP contribution in [0, 0.1) is 6.92 Å². The number of aromatic nitrogens is 1. The van der Waals surface area contributed by atoms with Crippen molar-refractivity contribution in [1.82, 2.24) is 10.3 Å². The number of hydrogen-bond acceptors (Lipinski definition) is 4. The van der Waals surface area contributed by atoms with Gasteiger partial charge in [-0.25, -0.2) is 0 Å². The van der Waals surface area contributed by atoms with Crippen molar-refractivity contribution in [2.75, 3.05) is 13.2 Å². The second-order valence-electron chi connectivity index (χ2n) is 5.55. The summed E-state index contributed by atoms with van der Waals surface area (Å²) in [4.78, 5) is 27.3. The maximum absolute atomic E-state index is 11.8. The van der Waals surface area contributed by atoms with Crippen LogP contribution in [0.2, 0.25) is 0 Å². The lowest BCUT2D eigenvalue weighted by atomic mass is 10.1. The maximum Gasteiger partial charge on any atom is 0.305 e. The van der Waals surface area contributed by atoms with E-state index in [1.54, 1.807) is 24.5 Å². The number of aryl methyl sites for hydroxylation is 2. The Hall–Kier alpha value is -2.69. The van der Waals surface area contributed by atoms with E-state index in [0.717, 1.165) is 12.8 Å². The van der Waals surface area contributed by atoms with Gasteiger partial charge in [0.1, 0.15) is 6.61 Å². The molecule has 0 unspecified atom stereocenters. The molecule has 1 aromatic heterocycles. The monoisotopic (exact) mass is 326 g/mol. The molecule has 1 aromatic carbocycles. The molecule has 2 aromatic rings. The third kappa shape index (κ3) is 6.20. The van der Waals surface area contributed by atoms with Crippen molar-refractivity contribution in [1.29, 1.82) is 0 Å². The zero-order chi connectivity index (χ0) is 17.2. The fraction of sp³-hybridized carbons (Fsp3) is 0.316. The van der Waals surface area contributed by atoms with Crippen LogP contribution in [-0.2, 0) is 16.0 Å². The highest BCUT2D eigenvalue weighted by molar-refractivity contribution is 5.93. The fourth-order valence-electron chi connectivity index (χ4n) is 2.20. The van der Waals surface area contributed by atoms with Crippen LogP contribution < -0.4 is 5.32 Å². The molecule has 126 valence electrons. The third-order valence-corrected chi connectivity index (χ3v) is 3.56. The van der Waals surface area contributed by atoms with Crippen LogP contribution in [0.3, 0.4) is 0 Å². The fourth-order valence-corrected chi connectivity index (χ4v) is 2.20. The molecule has 0 saturated carbocycles. The standard InChI is InChI=1S/C19H22N2O3/c1-15-5-7-16(8-6-15)3-2-4-18(22)24-14-13-21-19(23)17-9-11-20-12-10-17/h5-12H,2-4,13-14H2,1H3,(H,21,23). The minimum atomic E-state index is -0.236. The molecule has 0 aliphatic carbocycles. The minimum Gasteiger partial charge on any atom is -0.464 e. The highest BCUT2D eigenvalue weighted by atomic mass is 16.5. The van der Waals surface area contributed by atoms with Gasteiger partial charge >= 0.3 is 5.97 Å². The van der Waals surface area contributed by atoms with Gasteiger partial charge in [-0.2, -0.15) is 0 Å². The summed E-state index contributed by atoms with van der Waals surface area (Å²) in [6.07, 6.45) is 5.11. The van der Waals surface area contributed by atoms with Gasteiger partial charge < -0.3 is 10.1 Å². The molecule has 24 heavy (non-hydrogen) atoms. The summed E-state index contributed by atoms with van der Waals surface area (Å²) in [5.74, 6) is -0.437.